The minimum absolute atomic E-state index is 0.103. The van der Waals surface area contributed by atoms with Gasteiger partial charge in [0.2, 0.25) is 0 Å². The standard InChI is InChI=1S/C12H12BNO4/c1-2-18-12(15)10(8-14)7-9-3-5-11(6-4-9)13(16)17/h3-7,16-17H,2H2,1H3/b10-7+. The molecule has 0 fully saturated rings. The van der Waals surface area contributed by atoms with E-state index in [9.17, 15) is 4.79 Å². The quantitative estimate of drug-likeness (QED) is 0.333. The highest BCUT2D eigenvalue weighted by atomic mass is 16.5. The van der Waals surface area contributed by atoms with Crippen LogP contribution in [-0.4, -0.2) is 29.7 Å². The van der Waals surface area contributed by atoms with E-state index in [1.54, 1.807) is 25.1 Å². The van der Waals surface area contributed by atoms with Gasteiger partial charge in [-0.1, -0.05) is 24.3 Å². The van der Waals surface area contributed by atoms with Crippen molar-refractivity contribution in [1.82, 2.24) is 0 Å². The first-order valence-electron chi connectivity index (χ1n) is 5.33. The Kier molecular flexibility index (Phi) is 5.12. The molecule has 0 bridgehead atoms. The highest BCUT2D eigenvalue weighted by Crippen LogP contribution is 2.07. The lowest BCUT2D eigenvalue weighted by Crippen LogP contribution is -2.29. The molecule has 0 unspecified atom stereocenters. The van der Waals surface area contributed by atoms with Crippen molar-refractivity contribution in [3.05, 3.63) is 35.4 Å². The summed E-state index contributed by atoms with van der Waals surface area (Å²) in [4.78, 5) is 11.4. The first-order chi connectivity index (χ1) is 8.58. The molecule has 2 N–H and O–H groups in total. The van der Waals surface area contributed by atoms with E-state index in [0.29, 0.717) is 11.0 Å². The Morgan fingerprint density at radius 3 is 2.50 bits per heavy atom. The fourth-order valence-electron chi connectivity index (χ4n) is 1.28. The molecule has 1 aromatic rings. The van der Waals surface area contributed by atoms with E-state index in [-0.39, 0.29) is 12.2 Å². The summed E-state index contributed by atoms with van der Waals surface area (Å²) >= 11 is 0. The van der Waals surface area contributed by atoms with Crippen molar-refractivity contribution in [2.24, 2.45) is 0 Å². The molecule has 0 aliphatic rings. The molecule has 0 spiro atoms. The minimum Gasteiger partial charge on any atom is -0.462 e. The van der Waals surface area contributed by atoms with E-state index in [1.165, 1.54) is 18.2 Å². The number of ether oxygens (including phenoxy) is 1. The van der Waals surface area contributed by atoms with Gasteiger partial charge in [0.1, 0.15) is 11.6 Å². The molecule has 0 heterocycles. The van der Waals surface area contributed by atoms with Gasteiger partial charge in [0.05, 0.1) is 6.61 Å². The number of benzene rings is 1. The Hall–Kier alpha value is -2.10. The topological polar surface area (TPSA) is 90.6 Å². The van der Waals surface area contributed by atoms with Crippen LogP contribution in [0.25, 0.3) is 6.08 Å². The van der Waals surface area contributed by atoms with E-state index >= 15 is 0 Å². The third kappa shape index (κ3) is 3.73. The number of carbonyl (C=O) groups is 1. The second kappa shape index (κ2) is 6.59. The molecule has 0 saturated heterocycles. The SMILES string of the molecule is CCOC(=O)/C(C#N)=C/c1ccc(B(O)O)cc1. The first-order valence-corrected chi connectivity index (χ1v) is 5.33. The monoisotopic (exact) mass is 245 g/mol. The van der Waals surface area contributed by atoms with Crippen LogP contribution in [0, 0.1) is 11.3 Å². The number of nitriles is 1. The van der Waals surface area contributed by atoms with Crippen molar-refractivity contribution in [3.8, 4) is 6.07 Å². The predicted molar refractivity (Wildman–Crippen MR) is 66.5 cm³/mol. The van der Waals surface area contributed by atoms with Crippen molar-refractivity contribution >= 4 is 24.6 Å². The second-order valence-electron chi connectivity index (χ2n) is 3.43. The lowest BCUT2D eigenvalue weighted by Gasteiger charge is -2.01. The van der Waals surface area contributed by atoms with E-state index in [0.717, 1.165) is 0 Å². The van der Waals surface area contributed by atoms with Crippen molar-refractivity contribution in [3.63, 3.8) is 0 Å². The normalized spacial score (nSPS) is 10.7. The third-order valence-corrected chi connectivity index (χ3v) is 2.16. The summed E-state index contributed by atoms with van der Waals surface area (Å²) in [6.45, 7) is 1.86. The Morgan fingerprint density at radius 2 is 2.06 bits per heavy atom. The third-order valence-electron chi connectivity index (χ3n) is 2.16. The summed E-state index contributed by atoms with van der Waals surface area (Å²) in [5, 5.41) is 26.7. The van der Waals surface area contributed by atoms with Crippen LogP contribution >= 0.6 is 0 Å². The van der Waals surface area contributed by atoms with Gasteiger partial charge in [-0.25, -0.2) is 4.79 Å². The molecule has 5 nitrogen and oxygen atoms in total. The van der Waals surface area contributed by atoms with Crippen LogP contribution in [0.4, 0.5) is 0 Å². The van der Waals surface area contributed by atoms with E-state index in [4.69, 9.17) is 20.0 Å². The van der Waals surface area contributed by atoms with Gasteiger partial charge in [0, 0.05) is 0 Å². The molecule has 0 radical (unpaired) electrons. The molecule has 1 aromatic carbocycles. The van der Waals surface area contributed by atoms with Gasteiger partial charge < -0.3 is 14.8 Å². The van der Waals surface area contributed by atoms with Crippen molar-refractivity contribution in [2.75, 3.05) is 6.61 Å². The molecule has 6 heteroatoms. The van der Waals surface area contributed by atoms with Crippen LogP contribution in [0.15, 0.2) is 29.8 Å². The highest BCUT2D eigenvalue weighted by Gasteiger charge is 2.11. The zero-order valence-corrected chi connectivity index (χ0v) is 9.83. The van der Waals surface area contributed by atoms with Crippen LogP contribution in [0.5, 0.6) is 0 Å². The molecule has 0 aliphatic carbocycles. The van der Waals surface area contributed by atoms with Gasteiger partial charge in [0.15, 0.2) is 0 Å². The van der Waals surface area contributed by atoms with Crippen LogP contribution < -0.4 is 5.46 Å². The smallest absolute Gasteiger partial charge is 0.462 e. The maximum atomic E-state index is 11.4. The maximum absolute atomic E-state index is 11.4. The van der Waals surface area contributed by atoms with Gasteiger partial charge in [-0.3, -0.25) is 0 Å². The largest absolute Gasteiger partial charge is 0.488 e. The number of hydrogen-bond donors (Lipinski definition) is 2. The van der Waals surface area contributed by atoms with E-state index in [1.807, 2.05) is 0 Å². The summed E-state index contributed by atoms with van der Waals surface area (Å²) in [5.74, 6) is -0.675. The molecule has 0 aromatic heterocycles. The number of nitrogens with zero attached hydrogens (tertiary/aromatic N) is 1. The average molecular weight is 245 g/mol. The molecular formula is C12H12BNO4. The molecule has 0 aliphatic heterocycles. The Labute approximate surface area is 105 Å². The highest BCUT2D eigenvalue weighted by molar-refractivity contribution is 6.58. The fourth-order valence-corrected chi connectivity index (χ4v) is 1.28. The summed E-state index contributed by atoms with van der Waals surface area (Å²) < 4.78 is 4.72. The minimum atomic E-state index is -1.54. The maximum Gasteiger partial charge on any atom is 0.488 e. The zero-order valence-electron chi connectivity index (χ0n) is 9.83. The van der Waals surface area contributed by atoms with Gasteiger partial charge in [-0.05, 0) is 24.0 Å². The fraction of sp³-hybridized carbons (Fsp3) is 0.167. The van der Waals surface area contributed by atoms with Crippen LogP contribution in [0.3, 0.4) is 0 Å². The van der Waals surface area contributed by atoms with E-state index in [2.05, 4.69) is 0 Å². The number of carbonyl (C=O) groups excluding carboxylic acids is 1. The van der Waals surface area contributed by atoms with Gasteiger partial charge in [0.25, 0.3) is 0 Å². The first kappa shape index (κ1) is 14.0. The Morgan fingerprint density at radius 1 is 1.44 bits per heavy atom. The molecule has 1 rings (SSSR count). The number of rotatable bonds is 4. The van der Waals surface area contributed by atoms with E-state index < -0.39 is 13.1 Å². The molecular weight excluding hydrogens is 233 g/mol. The van der Waals surface area contributed by atoms with Gasteiger partial charge in [-0.15, -0.1) is 0 Å². The number of esters is 1. The van der Waals surface area contributed by atoms with Crippen LogP contribution in [0.1, 0.15) is 12.5 Å². The lowest BCUT2D eigenvalue weighted by atomic mass is 9.80. The lowest BCUT2D eigenvalue weighted by molar-refractivity contribution is -0.137. The zero-order chi connectivity index (χ0) is 13.5. The Bertz CT molecular complexity index is 488. The molecule has 0 amide bonds. The second-order valence-corrected chi connectivity index (χ2v) is 3.43. The van der Waals surface area contributed by atoms with Crippen molar-refractivity contribution in [1.29, 1.82) is 5.26 Å². The van der Waals surface area contributed by atoms with Crippen LogP contribution in [-0.2, 0) is 9.53 Å². The van der Waals surface area contributed by atoms with Gasteiger partial charge >= 0.3 is 13.1 Å². The molecule has 18 heavy (non-hydrogen) atoms. The summed E-state index contributed by atoms with van der Waals surface area (Å²) in [6, 6.07) is 7.90. The van der Waals surface area contributed by atoms with Crippen molar-refractivity contribution in [2.45, 2.75) is 6.92 Å². The number of hydrogen-bond acceptors (Lipinski definition) is 5. The van der Waals surface area contributed by atoms with Crippen LogP contribution in [0.2, 0.25) is 0 Å². The molecule has 0 saturated carbocycles. The predicted octanol–water partition coefficient (Wildman–Crippen LogP) is -0.164. The summed E-state index contributed by atoms with van der Waals surface area (Å²) in [5.41, 5.74) is 0.833. The van der Waals surface area contributed by atoms with Gasteiger partial charge in [-0.2, -0.15) is 5.26 Å². The Balaban J connectivity index is 2.93. The molecule has 92 valence electrons. The molecule has 0 atom stereocenters. The summed E-state index contributed by atoms with van der Waals surface area (Å²) in [6.07, 6.45) is 1.38. The summed E-state index contributed by atoms with van der Waals surface area (Å²) in [7, 11) is -1.54. The van der Waals surface area contributed by atoms with Crippen molar-refractivity contribution < 1.29 is 19.6 Å². The average Bonchev–Trinajstić information content (AvgIpc) is 2.36.